The van der Waals surface area contributed by atoms with E-state index in [1.165, 1.54) is 5.56 Å². The molecule has 1 aromatic rings. The van der Waals surface area contributed by atoms with Crippen molar-refractivity contribution in [2.75, 3.05) is 6.26 Å². The third kappa shape index (κ3) is 3.24. The molecule has 0 spiro atoms. The SMILES string of the molecule is C=N/C(=C\SC)c1ccc(C(C)C)cc1. The Labute approximate surface area is 96.3 Å². The van der Waals surface area contributed by atoms with Gasteiger partial charge in [0.2, 0.25) is 0 Å². The molecule has 0 atom stereocenters. The van der Waals surface area contributed by atoms with Crippen LogP contribution in [0.3, 0.4) is 0 Å². The number of aliphatic imine (C=N–C) groups is 1. The van der Waals surface area contributed by atoms with Gasteiger partial charge in [-0.3, -0.25) is 4.99 Å². The van der Waals surface area contributed by atoms with Crippen molar-refractivity contribution < 1.29 is 0 Å². The first-order valence-electron chi connectivity index (χ1n) is 4.99. The van der Waals surface area contributed by atoms with Crippen molar-refractivity contribution >= 4 is 24.2 Å². The highest BCUT2D eigenvalue weighted by Crippen LogP contribution is 2.21. The number of nitrogens with zero attached hydrogens (tertiary/aromatic N) is 1. The fraction of sp³-hybridized carbons (Fsp3) is 0.308. The normalized spacial score (nSPS) is 11.9. The Morgan fingerprint density at radius 2 is 1.93 bits per heavy atom. The van der Waals surface area contributed by atoms with Gasteiger partial charge in [0, 0.05) is 5.56 Å². The van der Waals surface area contributed by atoms with Gasteiger partial charge < -0.3 is 0 Å². The van der Waals surface area contributed by atoms with Crippen molar-refractivity contribution in [3.63, 3.8) is 0 Å². The van der Waals surface area contributed by atoms with Gasteiger partial charge in [0.1, 0.15) is 0 Å². The van der Waals surface area contributed by atoms with Crippen molar-refractivity contribution in [1.29, 1.82) is 0 Å². The van der Waals surface area contributed by atoms with Crippen LogP contribution >= 0.6 is 11.8 Å². The van der Waals surface area contributed by atoms with E-state index in [1.54, 1.807) is 11.8 Å². The van der Waals surface area contributed by atoms with Gasteiger partial charge in [-0.25, -0.2) is 0 Å². The van der Waals surface area contributed by atoms with Crippen LogP contribution in [0.4, 0.5) is 0 Å². The molecule has 0 amide bonds. The summed E-state index contributed by atoms with van der Waals surface area (Å²) in [6, 6.07) is 8.51. The number of thioether (sulfide) groups is 1. The fourth-order valence-corrected chi connectivity index (χ4v) is 1.78. The largest absolute Gasteiger partial charge is 0.263 e. The molecule has 0 bridgehead atoms. The third-order valence-corrected chi connectivity index (χ3v) is 2.73. The first-order chi connectivity index (χ1) is 7.19. The first-order valence-corrected chi connectivity index (χ1v) is 6.28. The number of benzene rings is 1. The Hall–Kier alpha value is -1.02. The van der Waals surface area contributed by atoms with Crippen LogP contribution in [0.2, 0.25) is 0 Å². The summed E-state index contributed by atoms with van der Waals surface area (Å²) in [6.07, 6.45) is 2.02. The minimum Gasteiger partial charge on any atom is -0.263 e. The lowest BCUT2D eigenvalue weighted by Crippen LogP contribution is -1.87. The molecule has 1 aromatic carbocycles. The summed E-state index contributed by atoms with van der Waals surface area (Å²) in [4.78, 5) is 4.01. The van der Waals surface area contributed by atoms with E-state index in [9.17, 15) is 0 Å². The molecule has 0 aliphatic carbocycles. The second-order valence-corrected chi connectivity index (χ2v) is 4.38. The van der Waals surface area contributed by atoms with E-state index in [1.807, 2.05) is 11.7 Å². The zero-order valence-corrected chi connectivity index (χ0v) is 10.3. The van der Waals surface area contributed by atoms with E-state index < -0.39 is 0 Å². The van der Waals surface area contributed by atoms with Gasteiger partial charge in [-0.05, 0) is 29.9 Å². The average Bonchev–Trinajstić information content (AvgIpc) is 2.26. The quantitative estimate of drug-likeness (QED) is 0.692. The molecule has 1 nitrogen and oxygen atoms in total. The minimum absolute atomic E-state index is 0.573. The maximum atomic E-state index is 4.01. The van der Waals surface area contributed by atoms with Gasteiger partial charge in [0.25, 0.3) is 0 Å². The molecule has 0 fully saturated rings. The summed E-state index contributed by atoms with van der Waals surface area (Å²) in [5.74, 6) is 0.573. The average molecular weight is 219 g/mol. The summed E-state index contributed by atoms with van der Waals surface area (Å²) in [5, 5.41) is 2.01. The van der Waals surface area contributed by atoms with Gasteiger partial charge in [-0.1, -0.05) is 38.1 Å². The van der Waals surface area contributed by atoms with Crippen molar-refractivity contribution in [3.05, 3.63) is 40.8 Å². The van der Waals surface area contributed by atoms with E-state index in [2.05, 4.69) is 49.8 Å². The smallest absolute Gasteiger partial charge is 0.0757 e. The fourth-order valence-electron chi connectivity index (χ4n) is 1.35. The summed E-state index contributed by atoms with van der Waals surface area (Å²) in [6.45, 7) is 7.97. The van der Waals surface area contributed by atoms with Crippen LogP contribution in [0, 0.1) is 0 Å². The molecular weight excluding hydrogens is 202 g/mol. The van der Waals surface area contributed by atoms with E-state index in [-0.39, 0.29) is 0 Å². The summed E-state index contributed by atoms with van der Waals surface area (Å²) in [7, 11) is 0. The van der Waals surface area contributed by atoms with E-state index in [0.29, 0.717) is 5.92 Å². The van der Waals surface area contributed by atoms with E-state index >= 15 is 0 Å². The molecule has 0 aromatic heterocycles. The maximum Gasteiger partial charge on any atom is 0.0757 e. The van der Waals surface area contributed by atoms with Crippen LogP contribution in [0.25, 0.3) is 5.70 Å². The molecule has 0 aliphatic rings. The number of hydrogen-bond acceptors (Lipinski definition) is 2. The molecule has 2 heteroatoms. The van der Waals surface area contributed by atoms with Crippen molar-refractivity contribution in [1.82, 2.24) is 0 Å². The monoisotopic (exact) mass is 219 g/mol. The lowest BCUT2D eigenvalue weighted by atomic mass is 10.0. The molecule has 15 heavy (non-hydrogen) atoms. The minimum atomic E-state index is 0.573. The molecular formula is C13H17NS. The number of hydrogen-bond donors (Lipinski definition) is 0. The highest BCUT2D eigenvalue weighted by atomic mass is 32.2. The van der Waals surface area contributed by atoms with Crippen LogP contribution in [-0.2, 0) is 0 Å². The van der Waals surface area contributed by atoms with Gasteiger partial charge in [0.05, 0.1) is 5.70 Å². The Morgan fingerprint density at radius 3 is 2.33 bits per heavy atom. The molecule has 0 N–H and O–H groups in total. The number of rotatable bonds is 4. The zero-order valence-electron chi connectivity index (χ0n) is 9.53. The topological polar surface area (TPSA) is 12.4 Å². The second-order valence-electron chi connectivity index (χ2n) is 3.67. The third-order valence-electron chi connectivity index (χ3n) is 2.27. The summed E-state index contributed by atoms with van der Waals surface area (Å²) in [5.41, 5.74) is 3.42. The predicted octanol–water partition coefficient (Wildman–Crippen LogP) is 4.17. The van der Waals surface area contributed by atoms with E-state index in [0.717, 1.165) is 11.3 Å². The second kappa shape index (κ2) is 5.76. The van der Waals surface area contributed by atoms with Crippen molar-refractivity contribution in [2.24, 2.45) is 4.99 Å². The van der Waals surface area contributed by atoms with E-state index in [4.69, 9.17) is 0 Å². The molecule has 80 valence electrons. The molecule has 0 heterocycles. The van der Waals surface area contributed by atoms with Crippen LogP contribution in [0.15, 0.2) is 34.7 Å². The Balaban J connectivity index is 2.97. The maximum absolute atomic E-state index is 4.01. The van der Waals surface area contributed by atoms with Crippen molar-refractivity contribution in [2.45, 2.75) is 19.8 Å². The van der Waals surface area contributed by atoms with Crippen LogP contribution < -0.4 is 0 Å². The van der Waals surface area contributed by atoms with Gasteiger partial charge >= 0.3 is 0 Å². The zero-order chi connectivity index (χ0) is 11.3. The van der Waals surface area contributed by atoms with Gasteiger partial charge in [0.15, 0.2) is 0 Å². The predicted molar refractivity (Wildman–Crippen MR) is 71.6 cm³/mol. The van der Waals surface area contributed by atoms with Crippen LogP contribution in [0.1, 0.15) is 30.9 Å². The molecule has 0 unspecified atom stereocenters. The Morgan fingerprint density at radius 1 is 1.33 bits per heavy atom. The van der Waals surface area contributed by atoms with Crippen molar-refractivity contribution in [3.8, 4) is 0 Å². The van der Waals surface area contributed by atoms with Crippen LogP contribution in [-0.4, -0.2) is 13.0 Å². The standard InChI is InChI=1S/C13H17NS/c1-10(2)11-5-7-12(8-6-11)13(14-3)9-15-4/h5-10H,3H2,1-2,4H3/b13-9-. The van der Waals surface area contributed by atoms with Crippen LogP contribution in [0.5, 0.6) is 0 Å². The Kier molecular flexibility index (Phi) is 4.63. The molecule has 1 rings (SSSR count). The lowest BCUT2D eigenvalue weighted by Gasteiger charge is -2.06. The first kappa shape index (κ1) is 12.1. The van der Waals surface area contributed by atoms with Gasteiger partial charge in [-0.15, -0.1) is 11.8 Å². The highest BCUT2D eigenvalue weighted by molar-refractivity contribution is 8.01. The molecule has 0 aliphatic heterocycles. The summed E-state index contributed by atoms with van der Waals surface area (Å²) >= 11 is 1.64. The highest BCUT2D eigenvalue weighted by Gasteiger charge is 2.01. The molecule has 0 radical (unpaired) electrons. The summed E-state index contributed by atoms with van der Waals surface area (Å²) < 4.78 is 0. The van der Waals surface area contributed by atoms with Gasteiger partial charge in [-0.2, -0.15) is 0 Å². The molecule has 0 saturated carbocycles. The Bertz CT molecular complexity index is 349. The lowest BCUT2D eigenvalue weighted by molar-refractivity contribution is 0.866. The molecule has 0 saturated heterocycles.